The van der Waals surface area contributed by atoms with Gasteiger partial charge in [-0.3, -0.25) is 14.9 Å². The molecule has 1 atom stereocenters. The predicted molar refractivity (Wildman–Crippen MR) is 114 cm³/mol. The molecule has 184 valence electrons. The van der Waals surface area contributed by atoms with Crippen LogP contribution in [0.4, 0.5) is 23.7 Å². The van der Waals surface area contributed by atoms with E-state index in [9.17, 15) is 27.6 Å². The quantitative estimate of drug-likeness (QED) is 0.478. The highest BCUT2D eigenvalue weighted by molar-refractivity contribution is 6.04. The topological polar surface area (TPSA) is 132 Å². The van der Waals surface area contributed by atoms with Crippen LogP contribution in [-0.4, -0.2) is 55.4 Å². The lowest BCUT2D eigenvalue weighted by molar-refractivity contribution is -0.274. The zero-order chi connectivity index (χ0) is 24.8. The largest absolute Gasteiger partial charge is 0.573 e. The fourth-order valence-corrected chi connectivity index (χ4v) is 3.28. The van der Waals surface area contributed by atoms with Crippen LogP contribution in [0.2, 0.25) is 0 Å². The van der Waals surface area contributed by atoms with Gasteiger partial charge in [0.25, 0.3) is 5.91 Å². The number of alkyl halides is 3. The van der Waals surface area contributed by atoms with E-state index in [0.717, 1.165) is 44.1 Å². The highest BCUT2D eigenvalue weighted by Crippen LogP contribution is 2.28. The van der Waals surface area contributed by atoms with Crippen LogP contribution in [-0.2, 0) is 9.53 Å². The molecule has 0 aromatic heterocycles. The fourth-order valence-electron chi connectivity index (χ4n) is 3.28. The zero-order valence-electron chi connectivity index (χ0n) is 18.7. The first-order valence-corrected chi connectivity index (χ1v) is 10.4. The molecule has 1 aliphatic heterocycles. The van der Waals surface area contributed by atoms with Gasteiger partial charge >= 0.3 is 12.5 Å². The lowest BCUT2D eigenvalue weighted by Crippen LogP contribution is -2.47. The van der Waals surface area contributed by atoms with Crippen LogP contribution < -0.4 is 26.4 Å². The third kappa shape index (κ3) is 8.89. The third-order valence-electron chi connectivity index (χ3n) is 4.79. The fraction of sp³-hybridized carbons (Fsp3) is 0.571. The number of rotatable bonds is 7. The summed E-state index contributed by atoms with van der Waals surface area (Å²) in [6, 6.07) is 2.05. The van der Waals surface area contributed by atoms with Crippen molar-refractivity contribution in [2.45, 2.75) is 51.6 Å². The molecule has 1 unspecified atom stereocenters. The van der Waals surface area contributed by atoms with Gasteiger partial charge < -0.3 is 25.8 Å². The van der Waals surface area contributed by atoms with Gasteiger partial charge in [0.1, 0.15) is 11.4 Å². The standard InChI is InChI=1S/C21H29F3N4O5/c1-20(2,3)33-19(31)28-15-5-4-13(32-21(22,23)24)10-14(15)18(30)27-11-16(29)17(25)12-6-8-26-9-7-12/h4-5,10,12,17,26H,6-9,11,25H2,1-3H3,(H,27,30)(H,28,31). The Balaban J connectivity index is 2.15. The number of carbonyl (C=O) groups excluding carboxylic acids is 3. The average Bonchev–Trinajstić information content (AvgIpc) is 2.70. The van der Waals surface area contributed by atoms with Crippen molar-refractivity contribution in [3.8, 4) is 5.75 Å². The second-order valence-electron chi connectivity index (χ2n) is 8.64. The molecule has 9 nitrogen and oxygen atoms in total. The number of nitrogens with one attached hydrogen (secondary N) is 3. The molecule has 0 radical (unpaired) electrons. The average molecular weight is 474 g/mol. The number of hydrogen-bond acceptors (Lipinski definition) is 7. The summed E-state index contributed by atoms with van der Waals surface area (Å²) in [6.45, 7) is 5.93. The highest BCUT2D eigenvalue weighted by Gasteiger charge is 2.32. The summed E-state index contributed by atoms with van der Waals surface area (Å²) in [7, 11) is 0. The first-order chi connectivity index (χ1) is 15.2. The van der Waals surface area contributed by atoms with Gasteiger partial charge in [-0.1, -0.05) is 0 Å². The molecule has 33 heavy (non-hydrogen) atoms. The van der Waals surface area contributed by atoms with E-state index in [4.69, 9.17) is 10.5 Å². The van der Waals surface area contributed by atoms with Crippen molar-refractivity contribution >= 4 is 23.5 Å². The Hall–Kier alpha value is -2.86. The molecule has 12 heteroatoms. The van der Waals surface area contributed by atoms with E-state index in [1.54, 1.807) is 20.8 Å². The van der Waals surface area contributed by atoms with E-state index < -0.39 is 48.1 Å². The van der Waals surface area contributed by atoms with Gasteiger partial charge in [-0.15, -0.1) is 13.2 Å². The summed E-state index contributed by atoms with van der Waals surface area (Å²) < 4.78 is 46.8. The minimum Gasteiger partial charge on any atom is -0.444 e. The van der Waals surface area contributed by atoms with Crippen molar-refractivity contribution in [3.63, 3.8) is 0 Å². The minimum atomic E-state index is -4.98. The second kappa shape index (κ2) is 10.8. The van der Waals surface area contributed by atoms with Crippen LogP contribution in [0.25, 0.3) is 0 Å². The number of benzene rings is 1. The van der Waals surface area contributed by atoms with E-state index in [0.29, 0.717) is 0 Å². The molecule has 0 saturated carbocycles. The Bertz CT molecular complexity index is 864. The van der Waals surface area contributed by atoms with Crippen LogP contribution in [0, 0.1) is 5.92 Å². The van der Waals surface area contributed by atoms with Gasteiger partial charge in [0.15, 0.2) is 5.78 Å². The Kier molecular flexibility index (Phi) is 8.67. The van der Waals surface area contributed by atoms with Gasteiger partial charge in [-0.25, -0.2) is 4.79 Å². The van der Waals surface area contributed by atoms with E-state index >= 15 is 0 Å². The number of halogens is 3. The lowest BCUT2D eigenvalue weighted by atomic mass is 9.88. The number of amides is 2. The van der Waals surface area contributed by atoms with E-state index in [1.807, 2.05) is 0 Å². The summed E-state index contributed by atoms with van der Waals surface area (Å²) in [6.07, 6.45) is -4.45. The summed E-state index contributed by atoms with van der Waals surface area (Å²) in [5.41, 5.74) is 4.71. The lowest BCUT2D eigenvalue weighted by Gasteiger charge is -2.27. The van der Waals surface area contributed by atoms with Crippen LogP contribution in [0.1, 0.15) is 44.0 Å². The van der Waals surface area contributed by atoms with Gasteiger partial charge in [0.2, 0.25) is 0 Å². The number of Topliss-reactive ketones (excluding diaryl/α,β-unsaturated/α-hetero) is 1. The van der Waals surface area contributed by atoms with Crippen molar-refractivity contribution in [2.24, 2.45) is 11.7 Å². The first kappa shape index (κ1) is 26.4. The number of ether oxygens (including phenoxy) is 2. The number of nitrogens with two attached hydrogens (primary N) is 1. The molecule has 0 spiro atoms. The first-order valence-electron chi connectivity index (χ1n) is 10.4. The molecular formula is C21H29F3N4O5. The number of anilines is 1. The molecule has 1 fully saturated rings. The molecular weight excluding hydrogens is 445 g/mol. The third-order valence-corrected chi connectivity index (χ3v) is 4.79. The number of hydrogen-bond donors (Lipinski definition) is 4. The van der Waals surface area contributed by atoms with E-state index in [1.165, 1.54) is 0 Å². The van der Waals surface area contributed by atoms with Gasteiger partial charge in [-0.05, 0) is 70.8 Å². The molecule has 0 bridgehead atoms. The van der Waals surface area contributed by atoms with E-state index in [-0.39, 0.29) is 17.2 Å². The summed E-state index contributed by atoms with van der Waals surface area (Å²) in [4.78, 5) is 37.2. The number of ketones is 1. The zero-order valence-corrected chi connectivity index (χ0v) is 18.7. The second-order valence-corrected chi connectivity index (χ2v) is 8.64. The summed E-state index contributed by atoms with van der Waals surface area (Å²) >= 11 is 0. The Labute approximate surface area is 189 Å². The summed E-state index contributed by atoms with van der Waals surface area (Å²) in [5.74, 6) is -1.98. The maximum atomic E-state index is 12.7. The van der Waals surface area contributed by atoms with Crippen LogP contribution >= 0.6 is 0 Å². The Morgan fingerprint density at radius 3 is 2.39 bits per heavy atom. The molecule has 1 aliphatic rings. The Morgan fingerprint density at radius 2 is 1.82 bits per heavy atom. The monoisotopic (exact) mass is 474 g/mol. The predicted octanol–water partition coefficient (Wildman–Crippen LogP) is 2.56. The van der Waals surface area contributed by atoms with Crippen LogP contribution in [0.5, 0.6) is 5.75 Å². The van der Waals surface area contributed by atoms with Gasteiger partial charge in [-0.2, -0.15) is 0 Å². The highest BCUT2D eigenvalue weighted by atomic mass is 19.4. The molecule has 1 aromatic rings. The van der Waals surface area contributed by atoms with Gasteiger partial charge in [0.05, 0.1) is 23.8 Å². The van der Waals surface area contributed by atoms with Crippen molar-refractivity contribution in [2.75, 3.05) is 25.0 Å². The molecule has 1 aromatic carbocycles. The van der Waals surface area contributed by atoms with Crippen LogP contribution in [0.3, 0.4) is 0 Å². The SMILES string of the molecule is CC(C)(C)OC(=O)Nc1ccc(OC(F)(F)F)cc1C(=O)NCC(=O)C(N)C1CCNCC1. The minimum absolute atomic E-state index is 0.0245. The summed E-state index contributed by atoms with van der Waals surface area (Å²) in [5, 5.41) is 7.85. The maximum absolute atomic E-state index is 12.7. The Morgan fingerprint density at radius 1 is 1.18 bits per heavy atom. The maximum Gasteiger partial charge on any atom is 0.573 e. The number of piperidine rings is 1. The molecule has 1 saturated heterocycles. The van der Waals surface area contributed by atoms with Crippen LogP contribution in [0.15, 0.2) is 18.2 Å². The molecule has 2 amide bonds. The molecule has 1 heterocycles. The smallest absolute Gasteiger partial charge is 0.444 e. The normalized spacial score (nSPS) is 16.0. The molecule has 0 aliphatic carbocycles. The van der Waals surface area contributed by atoms with Crippen molar-refractivity contribution in [1.82, 2.24) is 10.6 Å². The van der Waals surface area contributed by atoms with Crippen molar-refractivity contribution < 1.29 is 37.0 Å². The number of carbonyl (C=O) groups is 3. The van der Waals surface area contributed by atoms with Crippen molar-refractivity contribution in [1.29, 1.82) is 0 Å². The molecule has 5 N–H and O–H groups in total. The molecule has 2 rings (SSSR count). The van der Waals surface area contributed by atoms with Gasteiger partial charge in [0, 0.05) is 0 Å². The van der Waals surface area contributed by atoms with E-state index in [2.05, 4.69) is 20.7 Å². The van der Waals surface area contributed by atoms with Crippen molar-refractivity contribution in [3.05, 3.63) is 23.8 Å².